The van der Waals surface area contributed by atoms with Crippen molar-refractivity contribution >= 4 is 52.5 Å². The van der Waals surface area contributed by atoms with Crippen molar-refractivity contribution in [2.45, 2.75) is 12.1 Å². The molecule has 3 heterocycles. The van der Waals surface area contributed by atoms with E-state index in [1.165, 1.54) is 4.90 Å². The summed E-state index contributed by atoms with van der Waals surface area (Å²) < 4.78 is 0. The molecule has 7 heteroatoms. The predicted octanol–water partition coefficient (Wildman–Crippen LogP) is 4.37. The molecule has 6 nitrogen and oxygen atoms in total. The molecule has 3 aromatic rings. The Morgan fingerprint density at radius 1 is 0.824 bits per heavy atom. The van der Waals surface area contributed by atoms with Crippen LogP contribution in [0, 0.1) is 11.8 Å². The number of imide groups is 1. The Hall–Kier alpha value is -3.90. The minimum atomic E-state index is -0.845. The fraction of sp³-hybridized carbons (Fsp3) is 0.148. The van der Waals surface area contributed by atoms with Crippen molar-refractivity contribution in [3.63, 3.8) is 0 Å². The van der Waals surface area contributed by atoms with Gasteiger partial charge in [0.25, 0.3) is 0 Å². The average Bonchev–Trinajstić information content (AvgIpc) is 3.34. The van der Waals surface area contributed by atoms with Crippen molar-refractivity contribution < 1.29 is 14.4 Å². The number of halogens is 1. The second-order valence-corrected chi connectivity index (χ2v) is 9.09. The molecule has 168 valence electrons. The molecule has 2 saturated heterocycles. The fourth-order valence-electron chi connectivity index (χ4n) is 5.39. The lowest BCUT2D eigenvalue weighted by Gasteiger charge is -2.36. The van der Waals surface area contributed by atoms with Gasteiger partial charge >= 0.3 is 0 Å². The lowest BCUT2D eigenvalue weighted by Crippen LogP contribution is -2.50. The molecule has 4 atom stereocenters. The summed E-state index contributed by atoms with van der Waals surface area (Å²) in [4.78, 5) is 44.2. The highest BCUT2D eigenvalue weighted by atomic mass is 35.5. The summed E-state index contributed by atoms with van der Waals surface area (Å²) >= 11 is 5.99. The quantitative estimate of drug-likeness (QED) is 0.578. The zero-order chi connectivity index (χ0) is 23.4. The molecular formula is C27H20ClN3O3. The van der Waals surface area contributed by atoms with Gasteiger partial charge in [-0.1, -0.05) is 60.2 Å². The fourth-order valence-corrected chi connectivity index (χ4v) is 5.52. The summed E-state index contributed by atoms with van der Waals surface area (Å²) in [6, 6.07) is 22.2. The van der Waals surface area contributed by atoms with Crippen LogP contribution in [0.3, 0.4) is 0 Å². The molecule has 0 aromatic heterocycles. The number of fused-ring (bicyclic) bond motifs is 5. The van der Waals surface area contributed by atoms with Gasteiger partial charge in [-0.05, 0) is 48.0 Å². The summed E-state index contributed by atoms with van der Waals surface area (Å²) in [6.45, 7) is 0. The van der Waals surface area contributed by atoms with Crippen molar-refractivity contribution in [3.8, 4) is 0 Å². The molecule has 3 aliphatic heterocycles. The Kier molecular flexibility index (Phi) is 4.78. The summed E-state index contributed by atoms with van der Waals surface area (Å²) in [5.74, 6) is -2.42. The minimum Gasteiger partial charge on any atom is -0.351 e. The van der Waals surface area contributed by atoms with Gasteiger partial charge in [0.05, 0.1) is 23.6 Å². The van der Waals surface area contributed by atoms with Crippen molar-refractivity contribution in [3.05, 3.63) is 95.5 Å². The van der Waals surface area contributed by atoms with Crippen molar-refractivity contribution in [2.75, 3.05) is 15.1 Å². The number of amides is 3. The van der Waals surface area contributed by atoms with E-state index in [4.69, 9.17) is 11.6 Å². The van der Waals surface area contributed by atoms with E-state index >= 15 is 0 Å². The second-order valence-electron chi connectivity index (χ2n) is 8.66. The number of para-hydroxylation sites is 2. The first-order valence-corrected chi connectivity index (χ1v) is 11.5. The SMILES string of the molecule is O=C(Nc1ccc(Cl)cc1)C1C2C(=O)N(c3ccccc3)C(=O)C2C2C=Cc3ccccc3N21. The molecule has 3 amide bonds. The number of hydrogen-bond donors (Lipinski definition) is 1. The molecule has 34 heavy (non-hydrogen) atoms. The summed E-state index contributed by atoms with van der Waals surface area (Å²) in [5.41, 5.74) is 2.89. The molecule has 1 N–H and O–H groups in total. The first kappa shape index (κ1) is 20.7. The molecule has 0 bridgehead atoms. The third kappa shape index (κ3) is 3.06. The van der Waals surface area contributed by atoms with Crippen molar-refractivity contribution in [2.24, 2.45) is 11.8 Å². The highest BCUT2D eigenvalue weighted by Gasteiger charge is 2.64. The molecule has 6 rings (SSSR count). The molecule has 3 aliphatic rings. The highest BCUT2D eigenvalue weighted by Crippen LogP contribution is 2.49. The Morgan fingerprint density at radius 2 is 1.50 bits per heavy atom. The average molecular weight is 470 g/mol. The van der Waals surface area contributed by atoms with E-state index in [0.29, 0.717) is 16.4 Å². The Balaban J connectivity index is 1.44. The maximum absolute atomic E-state index is 13.7. The Bertz CT molecular complexity index is 1340. The van der Waals surface area contributed by atoms with Crippen LogP contribution < -0.4 is 15.1 Å². The molecule has 0 radical (unpaired) electrons. The molecule has 0 aliphatic carbocycles. The van der Waals surface area contributed by atoms with Gasteiger partial charge in [0.1, 0.15) is 6.04 Å². The van der Waals surface area contributed by atoms with Crippen LogP contribution in [0.1, 0.15) is 5.56 Å². The normalized spacial score (nSPS) is 24.6. The van der Waals surface area contributed by atoms with Crippen LogP contribution in [0.5, 0.6) is 0 Å². The first-order valence-electron chi connectivity index (χ1n) is 11.1. The zero-order valence-corrected chi connectivity index (χ0v) is 18.7. The molecule has 3 aromatic carbocycles. The van der Waals surface area contributed by atoms with Gasteiger partial charge < -0.3 is 10.2 Å². The van der Waals surface area contributed by atoms with Gasteiger partial charge in [-0.3, -0.25) is 14.4 Å². The summed E-state index contributed by atoms with van der Waals surface area (Å²) in [7, 11) is 0. The third-order valence-electron chi connectivity index (χ3n) is 6.81. The molecule has 4 unspecified atom stereocenters. The van der Waals surface area contributed by atoms with Crippen LogP contribution in [0.4, 0.5) is 17.1 Å². The van der Waals surface area contributed by atoms with E-state index in [1.54, 1.807) is 48.5 Å². The standard InChI is InChI=1S/C27H20ClN3O3/c28-17-11-13-18(14-12-17)29-25(32)24-23-22(21-15-10-16-6-4-5-9-20(16)31(21)24)26(33)30(27(23)34)19-7-2-1-3-8-19/h1-15,21-24H,(H,29,32). The smallest absolute Gasteiger partial charge is 0.247 e. The van der Waals surface area contributed by atoms with Gasteiger partial charge in [0.2, 0.25) is 17.7 Å². The number of nitrogens with one attached hydrogen (secondary N) is 1. The monoisotopic (exact) mass is 469 g/mol. The number of carbonyl (C=O) groups is 3. The molecule has 2 fully saturated rings. The van der Waals surface area contributed by atoms with Crippen molar-refractivity contribution in [1.82, 2.24) is 0 Å². The van der Waals surface area contributed by atoms with Crippen molar-refractivity contribution in [1.29, 1.82) is 0 Å². The molecule has 0 saturated carbocycles. The number of rotatable bonds is 3. The number of hydrogen-bond acceptors (Lipinski definition) is 4. The van der Waals surface area contributed by atoms with Crippen LogP contribution in [-0.2, 0) is 14.4 Å². The number of carbonyl (C=O) groups excluding carboxylic acids is 3. The van der Waals surface area contributed by atoms with E-state index in [-0.39, 0.29) is 17.7 Å². The van der Waals surface area contributed by atoms with Crippen LogP contribution >= 0.6 is 11.6 Å². The number of anilines is 3. The van der Waals surface area contributed by atoms with Crippen LogP contribution in [0.25, 0.3) is 6.08 Å². The number of nitrogens with zero attached hydrogens (tertiary/aromatic N) is 2. The second kappa shape index (κ2) is 7.85. The van der Waals surface area contributed by atoms with E-state index in [0.717, 1.165) is 11.3 Å². The van der Waals surface area contributed by atoms with E-state index in [9.17, 15) is 14.4 Å². The maximum Gasteiger partial charge on any atom is 0.247 e. The van der Waals surface area contributed by atoms with Gasteiger partial charge in [0, 0.05) is 16.4 Å². The zero-order valence-electron chi connectivity index (χ0n) is 18.0. The molecular weight excluding hydrogens is 450 g/mol. The number of benzene rings is 3. The largest absolute Gasteiger partial charge is 0.351 e. The Morgan fingerprint density at radius 3 is 2.26 bits per heavy atom. The van der Waals surface area contributed by atoms with E-state index < -0.39 is 23.9 Å². The van der Waals surface area contributed by atoms with E-state index in [2.05, 4.69) is 5.32 Å². The van der Waals surface area contributed by atoms with Crippen LogP contribution in [0.2, 0.25) is 5.02 Å². The topological polar surface area (TPSA) is 69.7 Å². The lowest BCUT2D eigenvalue weighted by molar-refractivity contribution is -0.126. The Labute approximate surface area is 201 Å². The van der Waals surface area contributed by atoms with Crippen LogP contribution in [0.15, 0.2) is 84.9 Å². The summed E-state index contributed by atoms with van der Waals surface area (Å²) in [5, 5.41) is 3.49. The lowest BCUT2D eigenvalue weighted by atomic mass is 9.88. The van der Waals surface area contributed by atoms with Crippen LogP contribution in [-0.4, -0.2) is 29.8 Å². The van der Waals surface area contributed by atoms with Gasteiger partial charge in [-0.2, -0.15) is 0 Å². The predicted molar refractivity (Wildman–Crippen MR) is 132 cm³/mol. The van der Waals surface area contributed by atoms with Gasteiger partial charge in [-0.15, -0.1) is 0 Å². The van der Waals surface area contributed by atoms with E-state index in [1.807, 2.05) is 47.4 Å². The van der Waals surface area contributed by atoms with Gasteiger partial charge in [-0.25, -0.2) is 4.90 Å². The van der Waals surface area contributed by atoms with Gasteiger partial charge in [0.15, 0.2) is 0 Å². The third-order valence-corrected chi connectivity index (χ3v) is 7.06. The minimum absolute atomic E-state index is 0.276. The highest BCUT2D eigenvalue weighted by molar-refractivity contribution is 6.30. The maximum atomic E-state index is 13.7. The first-order chi connectivity index (χ1) is 16.5. The molecule has 0 spiro atoms. The summed E-state index contributed by atoms with van der Waals surface area (Å²) in [6.07, 6.45) is 3.91.